The van der Waals surface area contributed by atoms with Gasteiger partial charge in [-0.05, 0) is 25.5 Å². The number of hydrogen-bond donors (Lipinski definition) is 2. The Labute approximate surface area is 118 Å². The van der Waals surface area contributed by atoms with Crippen LogP contribution in [0.1, 0.15) is 49.9 Å². The summed E-state index contributed by atoms with van der Waals surface area (Å²) in [5, 5.41) is 13.6. The summed E-state index contributed by atoms with van der Waals surface area (Å²) in [5.74, 6) is -0.308. The first-order valence-corrected chi connectivity index (χ1v) is 6.80. The maximum absolute atomic E-state index is 12.0. The molecular formula is C14H21N3O3. The van der Waals surface area contributed by atoms with Crippen LogP contribution in [-0.4, -0.2) is 16.9 Å². The summed E-state index contributed by atoms with van der Waals surface area (Å²) in [7, 11) is 0. The standard InChI is InChI=1S/C14H21N3O3/c1-3-4-5-6-10(2)16-14(18)11-7-8-12(15)13(9-11)17(19)20/h7-10H,3-6,15H2,1-2H3,(H,16,18). The van der Waals surface area contributed by atoms with E-state index in [4.69, 9.17) is 5.73 Å². The second-order valence-corrected chi connectivity index (χ2v) is 4.90. The molecule has 6 heteroatoms. The number of nitrogens with zero attached hydrogens (tertiary/aromatic N) is 1. The number of benzene rings is 1. The van der Waals surface area contributed by atoms with Crippen LogP contribution in [0.5, 0.6) is 0 Å². The van der Waals surface area contributed by atoms with E-state index in [0.717, 1.165) is 25.7 Å². The first-order valence-electron chi connectivity index (χ1n) is 6.80. The highest BCUT2D eigenvalue weighted by Crippen LogP contribution is 2.22. The molecule has 0 saturated carbocycles. The number of unbranched alkanes of at least 4 members (excludes halogenated alkanes) is 2. The summed E-state index contributed by atoms with van der Waals surface area (Å²) in [6.07, 6.45) is 4.22. The number of nitrogen functional groups attached to an aromatic ring is 1. The molecule has 0 spiro atoms. The highest BCUT2D eigenvalue weighted by Gasteiger charge is 2.16. The van der Waals surface area contributed by atoms with Crippen LogP contribution < -0.4 is 11.1 Å². The van der Waals surface area contributed by atoms with E-state index >= 15 is 0 Å². The first kappa shape index (κ1) is 15.9. The number of amides is 1. The Hall–Kier alpha value is -2.11. The lowest BCUT2D eigenvalue weighted by Crippen LogP contribution is -2.32. The summed E-state index contributed by atoms with van der Waals surface area (Å²) < 4.78 is 0. The highest BCUT2D eigenvalue weighted by molar-refractivity contribution is 5.95. The van der Waals surface area contributed by atoms with Gasteiger partial charge in [0, 0.05) is 17.7 Å². The minimum Gasteiger partial charge on any atom is -0.393 e. The number of carbonyl (C=O) groups is 1. The van der Waals surface area contributed by atoms with E-state index in [-0.39, 0.29) is 28.9 Å². The van der Waals surface area contributed by atoms with Crippen molar-refractivity contribution >= 4 is 17.3 Å². The van der Waals surface area contributed by atoms with E-state index < -0.39 is 4.92 Å². The molecule has 1 rings (SSSR count). The Morgan fingerprint density at radius 2 is 2.15 bits per heavy atom. The smallest absolute Gasteiger partial charge is 0.292 e. The van der Waals surface area contributed by atoms with Gasteiger partial charge in [0.15, 0.2) is 0 Å². The van der Waals surface area contributed by atoms with Gasteiger partial charge in [0.05, 0.1) is 4.92 Å². The lowest BCUT2D eigenvalue weighted by Gasteiger charge is -2.13. The van der Waals surface area contributed by atoms with Crippen LogP contribution in [0.25, 0.3) is 0 Å². The molecule has 0 fully saturated rings. The van der Waals surface area contributed by atoms with E-state index in [0.29, 0.717) is 0 Å². The number of hydrogen-bond acceptors (Lipinski definition) is 4. The van der Waals surface area contributed by atoms with Crippen LogP contribution >= 0.6 is 0 Å². The maximum Gasteiger partial charge on any atom is 0.292 e. The summed E-state index contributed by atoms with van der Waals surface area (Å²) in [6.45, 7) is 4.05. The predicted octanol–water partition coefficient (Wildman–Crippen LogP) is 2.88. The topological polar surface area (TPSA) is 98.3 Å². The second-order valence-electron chi connectivity index (χ2n) is 4.90. The number of rotatable bonds is 7. The Kier molecular flexibility index (Phi) is 5.96. The van der Waals surface area contributed by atoms with Gasteiger partial charge in [-0.1, -0.05) is 26.2 Å². The fraction of sp³-hybridized carbons (Fsp3) is 0.500. The van der Waals surface area contributed by atoms with Crippen molar-refractivity contribution in [2.45, 2.75) is 45.6 Å². The predicted molar refractivity (Wildman–Crippen MR) is 78.6 cm³/mol. The van der Waals surface area contributed by atoms with Crippen LogP contribution in [0.15, 0.2) is 18.2 Å². The van der Waals surface area contributed by atoms with Crippen LogP contribution in [0.3, 0.4) is 0 Å². The van der Waals surface area contributed by atoms with E-state index in [1.165, 1.54) is 18.2 Å². The van der Waals surface area contributed by atoms with E-state index in [2.05, 4.69) is 12.2 Å². The Bertz CT molecular complexity index is 489. The molecule has 0 heterocycles. The summed E-state index contributed by atoms with van der Waals surface area (Å²) in [5.41, 5.74) is 5.58. The van der Waals surface area contributed by atoms with Gasteiger partial charge < -0.3 is 11.1 Å². The Balaban J connectivity index is 2.68. The molecule has 1 atom stereocenters. The van der Waals surface area contributed by atoms with Gasteiger partial charge in [-0.15, -0.1) is 0 Å². The van der Waals surface area contributed by atoms with Crippen molar-refractivity contribution in [3.05, 3.63) is 33.9 Å². The van der Waals surface area contributed by atoms with Crippen molar-refractivity contribution in [3.63, 3.8) is 0 Å². The molecule has 0 aliphatic heterocycles. The number of nitro groups is 1. The highest BCUT2D eigenvalue weighted by atomic mass is 16.6. The average Bonchev–Trinajstić information content (AvgIpc) is 2.39. The van der Waals surface area contributed by atoms with Crippen LogP contribution in [0.2, 0.25) is 0 Å². The fourth-order valence-corrected chi connectivity index (χ4v) is 1.92. The molecule has 6 nitrogen and oxygen atoms in total. The van der Waals surface area contributed by atoms with Crippen molar-refractivity contribution in [2.24, 2.45) is 0 Å². The zero-order valence-corrected chi connectivity index (χ0v) is 11.9. The first-order chi connectivity index (χ1) is 9.45. The fourth-order valence-electron chi connectivity index (χ4n) is 1.92. The monoisotopic (exact) mass is 279 g/mol. The molecule has 0 radical (unpaired) electrons. The number of anilines is 1. The third-order valence-electron chi connectivity index (χ3n) is 3.11. The minimum absolute atomic E-state index is 0.0469. The lowest BCUT2D eigenvalue weighted by molar-refractivity contribution is -0.383. The number of nitrogens with one attached hydrogen (secondary N) is 1. The molecule has 0 aromatic heterocycles. The Morgan fingerprint density at radius 3 is 2.75 bits per heavy atom. The zero-order chi connectivity index (χ0) is 15.1. The molecule has 20 heavy (non-hydrogen) atoms. The molecule has 1 aromatic rings. The number of nitro benzene ring substituents is 1. The maximum atomic E-state index is 12.0. The van der Waals surface area contributed by atoms with E-state index in [9.17, 15) is 14.9 Å². The van der Waals surface area contributed by atoms with Crippen molar-refractivity contribution in [1.82, 2.24) is 5.32 Å². The van der Waals surface area contributed by atoms with Gasteiger partial charge in [0.1, 0.15) is 5.69 Å². The normalized spacial score (nSPS) is 11.9. The third-order valence-corrected chi connectivity index (χ3v) is 3.11. The number of carbonyl (C=O) groups excluding carboxylic acids is 1. The molecule has 0 aliphatic carbocycles. The molecule has 0 bridgehead atoms. The van der Waals surface area contributed by atoms with Crippen molar-refractivity contribution in [2.75, 3.05) is 5.73 Å². The van der Waals surface area contributed by atoms with Crippen molar-refractivity contribution in [1.29, 1.82) is 0 Å². The van der Waals surface area contributed by atoms with Gasteiger partial charge in [0.25, 0.3) is 11.6 Å². The molecular weight excluding hydrogens is 258 g/mol. The van der Waals surface area contributed by atoms with Crippen LogP contribution in [0.4, 0.5) is 11.4 Å². The van der Waals surface area contributed by atoms with Gasteiger partial charge in [-0.3, -0.25) is 14.9 Å². The third kappa shape index (κ3) is 4.53. The van der Waals surface area contributed by atoms with Gasteiger partial charge in [-0.25, -0.2) is 0 Å². The molecule has 1 aromatic carbocycles. The Morgan fingerprint density at radius 1 is 1.45 bits per heavy atom. The van der Waals surface area contributed by atoms with Gasteiger partial charge >= 0.3 is 0 Å². The molecule has 1 unspecified atom stereocenters. The second kappa shape index (κ2) is 7.47. The molecule has 3 N–H and O–H groups in total. The number of nitrogens with two attached hydrogens (primary N) is 1. The van der Waals surface area contributed by atoms with Crippen molar-refractivity contribution in [3.8, 4) is 0 Å². The summed E-state index contributed by atoms with van der Waals surface area (Å²) in [6, 6.07) is 4.14. The molecule has 110 valence electrons. The van der Waals surface area contributed by atoms with Gasteiger partial charge in [0.2, 0.25) is 0 Å². The van der Waals surface area contributed by atoms with E-state index in [1.807, 2.05) is 6.92 Å². The minimum atomic E-state index is -0.587. The summed E-state index contributed by atoms with van der Waals surface area (Å²) >= 11 is 0. The lowest BCUT2D eigenvalue weighted by atomic mass is 10.1. The quantitative estimate of drug-likeness (QED) is 0.347. The van der Waals surface area contributed by atoms with Crippen LogP contribution in [0, 0.1) is 10.1 Å². The summed E-state index contributed by atoms with van der Waals surface area (Å²) in [4.78, 5) is 22.2. The van der Waals surface area contributed by atoms with Crippen molar-refractivity contribution < 1.29 is 9.72 Å². The van der Waals surface area contributed by atoms with Crippen LogP contribution in [-0.2, 0) is 0 Å². The zero-order valence-electron chi connectivity index (χ0n) is 11.9. The molecule has 1 amide bonds. The average molecular weight is 279 g/mol. The molecule has 0 saturated heterocycles. The van der Waals surface area contributed by atoms with Gasteiger partial charge in [-0.2, -0.15) is 0 Å². The largest absolute Gasteiger partial charge is 0.393 e. The molecule has 0 aliphatic rings. The SMILES string of the molecule is CCCCCC(C)NC(=O)c1ccc(N)c([N+](=O)[O-])c1. The van der Waals surface area contributed by atoms with E-state index in [1.54, 1.807) is 0 Å².